The molecule has 4 heteroatoms. The van der Waals surface area contributed by atoms with Crippen molar-refractivity contribution in [2.75, 3.05) is 5.75 Å². The van der Waals surface area contributed by atoms with Gasteiger partial charge in [-0.3, -0.25) is 4.79 Å². The van der Waals surface area contributed by atoms with Gasteiger partial charge in [0.05, 0.1) is 5.75 Å². The molecule has 0 aliphatic carbocycles. The van der Waals surface area contributed by atoms with E-state index in [4.69, 9.17) is 0 Å². The van der Waals surface area contributed by atoms with Crippen LogP contribution in [-0.2, 0) is 4.79 Å². The van der Waals surface area contributed by atoms with Crippen molar-refractivity contribution in [3.63, 3.8) is 0 Å². The molecule has 0 aliphatic heterocycles. The van der Waals surface area contributed by atoms with Crippen molar-refractivity contribution in [2.45, 2.75) is 0 Å². The summed E-state index contributed by atoms with van der Waals surface area (Å²) in [5.41, 5.74) is 4.58. The predicted octanol–water partition coefficient (Wildman–Crippen LogP) is -1.25. The fraction of sp³-hybridized carbons (Fsp3) is 0.500. The third-order valence-electron chi connectivity index (χ3n) is 0.156. The molecule has 0 rings (SSSR count). The molecule has 0 aliphatic rings. The molecule has 0 aromatic carbocycles. The molecule has 32 valence electrons. The molecule has 0 fully saturated rings. The number of carbonyl (C=O) groups is 1. The number of hydrogen-bond donors (Lipinski definition) is 2. The first kappa shape index (κ1) is 9.65. The number of hydrogen-bond acceptors (Lipinski definition) is 2. The van der Waals surface area contributed by atoms with Gasteiger partial charge in [0.25, 0.3) is 0 Å². The molecule has 2 N–H and O–H groups in total. The van der Waals surface area contributed by atoms with Crippen molar-refractivity contribution in [1.82, 2.24) is 0 Å². The van der Waals surface area contributed by atoms with Crippen molar-refractivity contribution >= 4 is 37.4 Å². The number of carbonyl (C=O) groups excluding carboxylic acids is 1. The Hall–Kier alpha value is 0.417. The van der Waals surface area contributed by atoms with E-state index in [1.54, 1.807) is 0 Å². The van der Waals surface area contributed by atoms with E-state index in [2.05, 4.69) is 18.4 Å². The molecule has 0 atom stereocenters. The van der Waals surface area contributed by atoms with Crippen LogP contribution in [0.5, 0.6) is 0 Å². The number of thiol groups is 1. The number of rotatable bonds is 1. The van der Waals surface area contributed by atoms with Gasteiger partial charge >= 0.3 is 18.9 Å². The average molecular weight is 99.1 g/mol. The topological polar surface area (TPSA) is 43.1 Å². The monoisotopic (exact) mass is 99.0 g/mol. The number of amides is 1. The van der Waals surface area contributed by atoms with Crippen molar-refractivity contribution < 1.29 is 4.79 Å². The predicted molar refractivity (Wildman–Crippen MR) is 30.2 cm³/mol. The summed E-state index contributed by atoms with van der Waals surface area (Å²) in [6, 6.07) is 0. The van der Waals surface area contributed by atoms with Crippen LogP contribution in [0.25, 0.3) is 0 Å². The molecule has 6 heavy (non-hydrogen) atoms. The van der Waals surface area contributed by atoms with Gasteiger partial charge in [-0.1, -0.05) is 0 Å². The van der Waals surface area contributed by atoms with Crippen molar-refractivity contribution in [3.8, 4) is 0 Å². The molecular formula is C2H6LiNOS. The van der Waals surface area contributed by atoms with E-state index in [-0.39, 0.29) is 30.5 Å². The molecule has 0 bridgehead atoms. The van der Waals surface area contributed by atoms with Crippen LogP contribution in [0.1, 0.15) is 0 Å². The molecule has 0 aromatic rings. The summed E-state index contributed by atoms with van der Waals surface area (Å²) in [7, 11) is 0. The zero-order valence-electron chi connectivity index (χ0n) is 2.64. The number of nitrogens with two attached hydrogens (primary N) is 1. The molecule has 0 spiro atoms. The molecule has 0 heterocycles. The van der Waals surface area contributed by atoms with Crippen LogP contribution in [0.15, 0.2) is 0 Å². The Morgan fingerprint density at radius 3 is 2.00 bits per heavy atom. The van der Waals surface area contributed by atoms with Gasteiger partial charge in [0, 0.05) is 0 Å². The van der Waals surface area contributed by atoms with Gasteiger partial charge in [-0.25, -0.2) is 0 Å². The fourth-order valence-electron chi connectivity index (χ4n) is 0. The summed E-state index contributed by atoms with van der Waals surface area (Å²) in [5, 5.41) is 0. The summed E-state index contributed by atoms with van der Waals surface area (Å²) in [4.78, 5) is 9.51. The van der Waals surface area contributed by atoms with Crippen LogP contribution in [0.4, 0.5) is 0 Å². The molecule has 0 saturated carbocycles. The molecule has 2 nitrogen and oxygen atoms in total. The van der Waals surface area contributed by atoms with Gasteiger partial charge in [-0.05, 0) is 0 Å². The van der Waals surface area contributed by atoms with E-state index in [0.717, 1.165) is 0 Å². The van der Waals surface area contributed by atoms with E-state index in [9.17, 15) is 4.79 Å². The van der Waals surface area contributed by atoms with Crippen LogP contribution in [0.2, 0.25) is 0 Å². The van der Waals surface area contributed by atoms with Crippen LogP contribution >= 0.6 is 12.6 Å². The Balaban J connectivity index is 0. The van der Waals surface area contributed by atoms with Crippen LogP contribution in [0, 0.1) is 0 Å². The second-order valence-electron chi connectivity index (χ2n) is 0.624. The molecule has 0 aromatic heterocycles. The second kappa shape index (κ2) is 5.42. The Labute approximate surface area is 54.1 Å². The third kappa shape index (κ3) is 8.83. The minimum absolute atomic E-state index is 0. The van der Waals surface area contributed by atoms with Crippen molar-refractivity contribution in [1.29, 1.82) is 0 Å². The molecule has 0 radical (unpaired) electrons. The quantitative estimate of drug-likeness (QED) is 0.313. The zero-order chi connectivity index (χ0) is 4.28. The van der Waals surface area contributed by atoms with E-state index in [1.165, 1.54) is 0 Å². The first-order chi connectivity index (χ1) is 2.27. The zero-order valence-corrected chi connectivity index (χ0v) is 3.53. The first-order valence-corrected chi connectivity index (χ1v) is 1.80. The SMILES string of the molecule is NC(=O)CS.[LiH]. The maximum absolute atomic E-state index is 9.51. The van der Waals surface area contributed by atoms with Crippen LogP contribution < -0.4 is 5.73 Å². The summed E-state index contributed by atoms with van der Waals surface area (Å²) >= 11 is 3.54. The average Bonchev–Trinajstić information content (AvgIpc) is 1.38. The van der Waals surface area contributed by atoms with E-state index < -0.39 is 0 Å². The molecule has 0 unspecified atom stereocenters. The Morgan fingerprint density at radius 2 is 2.00 bits per heavy atom. The molecule has 0 saturated heterocycles. The standard InChI is InChI=1S/C2H5NOS.Li.H/c3-2(4)1-5;;/h5H,1H2,(H2,3,4);;. The Kier molecular flexibility index (Phi) is 8.71. The van der Waals surface area contributed by atoms with E-state index in [0.29, 0.717) is 0 Å². The summed E-state index contributed by atoms with van der Waals surface area (Å²) < 4.78 is 0. The molecular weight excluding hydrogens is 93.0 g/mol. The maximum atomic E-state index is 9.51. The Bertz CT molecular complexity index is 48.8. The van der Waals surface area contributed by atoms with E-state index >= 15 is 0 Å². The van der Waals surface area contributed by atoms with Gasteiger partial charge in [0.15, 0.2) is 0 Å². The van der Waals surface area contributed by atoms with E-state index in [1.807, 2.05) is 0 Å². The number of primary amides is 1. The van der Waals surface area contributed by atoms with Gasteiger partial charge < -0.3 is 5.73 Å². The minimum atomic E-state index is -0.381. The fourth-order valence-corrected chi connectivity index (χ4v) is 0. The van der Waals surface area contributed by atoms with Crippen LogP contribution in [-0.4, -0.2) is 30.5 Å². The third-order valence-corrected chi connectivity index (χ3v) is 0.468. The van der Waals surface area contributed by atoms with Gasteiger partial charge in [0.2, 0.25) is 5.91 Å². The van der Waals surface area contributed by atoms with Gasteiger partial charge in [0.1, 0.15) is 0 Å². The molecule has 1 amide bonds. The van der Waals surface area contributed by atoms with Gasteiger partial charge in [-0.15, -0.1) is 0 Å². The van der Waals surface area contributed by atoms with Crippen LogP contribution in [0.3, 0.4) is 0 Å². The summed E-state index contributed by atoms with van der Waals surface area (Å²) in [6.45, 7) is 0. The van der Waals surface area contributed by atoms with Gasteiger partial charge in [-0.2, -0.15) is 12.6 Å². The van der Waals surface area contributed by atoms with Crippen molar-refractivity contribution in [3.05, 3.63) is 0 Å². The second-order valence-corrected chi connectivity index (χ2v) is 0.941. The first-order valence-electron chi connectivity index (χ1n) is 1.16. The summed E-state index contributed by atoms with van der Waals surface area (Å²) in [6.07, 6.45) is 0. The van der Waals surface area contributed by atoms with Crippen molar-refractivity contribution in [2.24, 2.45) is 5.73 Å². The normalized spacial score (nSPS) is 6.17. The Morgan fingerprint density at radius 1 is 1.83 bits per heavy atom. The summed E-state index contributed by atoms with van der Waals surface area (Å²) in [5.74, 6) is -0.242.